The average molecular weight is 302 g/mol. The van der Waals surface area contributed by atoms with Crippen LogP contribution in [-0.4, -0.2) is 24.5 Å². The number of aromatic carboxylic acids is 1. The van der Waals surface area contributed by atoms with E-state index in [4.69, 9.17) is 5.11 Å². The van der Waals surface area contributed by atoms with Gasteiger partial charge in [0.2, 0.25) is 0 Å². The van der Waals surface area contributed by atoms with Crippen molar-refractivity contribution in [2.75, 3.05) is 4.72 Å². The minimum atomic E-state index is -4.16. The molecule has 100 valence electrons. The zero-order valence-corrected chi connectivity index (χ0v) is 10.8. The summed E-state index contributed by atoms with van der Waals surface area (Å²) in [6.45, 7) is 0. The van der Waals surface area contributed by atoms with E-state index in [1.807, 2.05) is 4.72 Å². The second kappa shape index (κ2) is 4.94. The summed E-state index contributed by atoms with van der Waals surface area (Å²) in [7, 11) is -4.16. The van der Waals surface area contributed by atoms with Crippen molar-refractivity contribution in [1.29, 1.82) is 0 Å². The van der Waals surface area contributed by atoms with Gasteiger partial charge in [0.15, 0.2) is 5.82 Å². The van der Waals surface area contributed by atoms with E-state index in [2.05, 4.69) is 4.98 Å². The normalized spacial score (nSPS) is 11.2. The van der Waals surface area contributed by atoms with Gasteiger partial charge in [0, 0.05) is 6.20 Å². The maximum absolute atomic E-state index is 13.3. The summed E-state index contributed by atoms with van der Waals surface area (Å²) in [5.74, 6) is -2.20. The highest BCUT2D eigenvalue weighted by Crippen LogP contribution is 2.25. The number of nitrogens with one attached hydrogen (secondary N) is 1. The summed E-state index contributed by atoms with van der Waals surface area (Å²) < 4.78 is 39.3. The van der Waals surface area contributed by atoms with Crippen molar-refractivity contribution in [2.24, 2.45) is 0 Å². The van der Waals surface area contributed by atoms with Crippen LogP contribution in [0, 0.1) is 5.82 Å². The average Bonchev–Trinajstić information content (AvgIpc) is 2.82. The maximum Gasteiger partial charge on any atom is 0.347 e. The lowest BCUT2D eigenvalue weighted by Gasteiger charge is -2.07. The largest absolute Gasteiger partial charge is 0.477 e. The van der Waals surface area contributed by atoms with Gasteiger partial charge < -0.3 is 5.11 Å². The van der Waals surface area contributed by atoms with Crippen LogP contribution in [0.4, 0.5) is 10.1 Å². The Kier molecular flexibility index (Phi) is 3.49. The molecule has 2 aromatic heterocycles. The number of halogens is 1. The van der Waals surface area contributed by atoms with E-state index in [-0.39, 0.29) is 10.6 Å². The fraction of sp³-hybridized carbons (Fsp3) is 0. The van der Waals surface area contributed by atoms with Gasteiger partial charge in [-0.3, -0.25) is 9.71 Å². The molecule has 0 saturated carbocycles. The van der Waals surface area contributed by atoms with Crippen molar-refractivity contribution in [3.8, 4) is 0 Å². The molecule has 0 bridgehead atoms. The molecule has 0 amide bonds. The van der Waals surface area contributed by atoms with E-state index in [1.54, 1.807) is 0 Å². The van der Waals surface area contributed by atoms with Crippen molar-refractivity contribution in [3.05, 3.63) is 40.6 Å². The highest BCUT2D eigenvalue weighted by atomic mass is 32.2. The highest BCUT2D eigenvalue weighted by molar-refractivity contribution is 7.93. The van der Waals surface area contributed by atoms with Crippen LogP contribution in [-0.2, 0) is 10.0 Å². The Labute approximate surface area is 111 Å². The molecule has 0 fully saturated rings. The third-order valence-electron chi connectivity index (χ3n) is 2.13. The molecule has 0 saturated heterocycles. The summed E-state index contributed by atoms with van der Waals surface area (Å²) >= 11 is 0.774. The summed E-state index contributed by atoms with van der Waals surface area (Å²) in [5.41, 5.74) is -0.294. The van der Waals surface area contributed by atoms with E-state index in [9.17, 15) is 17.6 Å². The van der Waals surface area contributed by atoms with Crippen molar-refractivity contribution in [3.63, 3.8) is 0 Å². The molecular weight excluding hydrogens is 295 g/mol. The van der Waals surface area contributed by atoms with Crippen LogP contribution in [0.5, 0.6) is 0 Å². The monoisotopic (exact) mass is 302 g/mol. The molecule has 0 aliphatic carbocycles. The van der Waals surface area contributed by atoms with Crippen LogP contribution < -0.4 is 4.72 Å². The molecule has 9 heteroatoms. The van der Waals surface area contributed by atoms with Crippen LogP contribution >= 0.6 is 11.3 Å². The van der Waals surface area contributed by atoms with Gasteiger partial charge in [-0.05, 0) is 17.5 Å². The first-order valence-electron chi connectivity index (χ1n) is 4.85. The number of anilines is 1. The number of aromatic nitrogens is 1. The van der Waals surface area contributed by atoms with Crippen LogP contribution in [0.3, 0.4) is 0 Å². The van der Waals surface area contributed by atoms with E-state index in [0.29, 0.717) is 0 Å². The number of sulfonamides is 1. The first-order valence-corrected chi connectivity index (χ1v) is 7.21. The van der Waals surface area contributed by atoms with E-state index in [1.165, 1.54) is 11.6 Å². The Morgan fingerprint density at radius 2 is 2.16 bits per heavy atom. The predicted molar refractivity (Wildman–Crippen MR) is 66.3 cm³/mol. The molecular formula is C10H7FN2O4S2. The minimum absolute atomic E-state index is 0.294. The molecule has 0 unspecified atom stereocenters. The molecule has 19 heavy (non-hydrogen) atoms. The van der Waals surface area contributed by atoms with Gasteiger partial charge >= 0.3 is 5.97 Å². The van der Waals surface area contributed by atoms with Gasteiger partial charge in [-0.1, -0.05) is 0 Å². The molecule has 0 aliphatic rings. The van der Waals surface area contributed by atoms with Crippen molar-refractivity contribution < 1.29 is 22.7 Å². The van der Waals surface area contributed by atoms with Crippen molar-refractivity contribution in [2.45, 2.75) is 4.90 Å². The fourth-order valence-electron chi connectivity index (χ4n) is 1.32. The van der Waals surface area contributed by atoms with E-state index in [0.717, 1.165) is 29.7 Å². The van der Waals surface area contributed by atoms with Crippen molar-refractivity contribution in [1.82, 2.24) is 4.98 Å². The molecule has 2 aromatic rings. The second-order valence-electron chi connectivity index (χ2n) is 3.38. The number of carboxylic acids is 1. The summed E-state index contributed by atoms with van der Waals surface area (Å²) in [4.78, 5) is 13.6. The SMILES string of the molecule is O=C(O)c1sccc1S(=O)(=O)Nc1ccncc1F. The molecule has 2 heterocycles. The third-order valence-corrected chi connectivity index (χ3v) is 4.57. The topological polar surface area (TPSA) is 96.4 Å². The van der Waals surface area contributed by atoms with E-state index >= 15 is 0 Å². The summed E-state index contributed by atoms with van der Waals surface area (Å²) in [6, 6.07) is 2.29. The van der Waals surface area contributed by atoms with Gasteiger partial charge in [0.1, 0.15) is 9.77 Å². The van der Waals surface area contributed by atoms with Gasteiger partial charge in [0.25, 0.3) is 10.0 Å². The molecule has 0 aliphatic heterocycles. The number of hydrogen-bond donors (Lipinski definition) is 2. The Balaban J connectivity index is 2.41. The summed E-state index contributed by atoms with van der Waals surface area (Å²) in [6.07, 6.45) is 2.07. The second-order valence-corrected chi connectivity index (χ2v) is 5.95. The molecule has 0 radical (unpaired) electrons. The van der Waals surface area contributed by atoms with Gasteiger partial charge in [-0.25, -0.2) is 17.6 Å². The van der Waals surface area contributed by atoms with Gasteiger partial charge in [-0.15, -0.1) is 11.3 Å². The first kappa shape index (κ1) is 13.4. The highest BCUT2D eigenvalue weighted by Gasteiger charge is 2.24. The standard InChI is InChI=1S/C10H7FN2O4S2/c11-6-5-12-3-1-7(6)13-19(16,17)8-2-4-18-9(8)10(14)15/h1-5H,(H,12,13)(H,14,15). The Morgan fingerprint density at radius 3 is 2.79 bits per heavy atom. The zero-order valence-electron chi connectivity index (χ0n) is 9.20. The lowest BCUT2D eigenvalue weighted by Crippen LogP contribution is -2.16. The number of hydrogen-bond acceptors (Lipinski definition) is 5. The van der Waals surface area contributed by atoms with Gasteiger partial charge in [-0.2, -0.15) is 0 Å². The van der Waals surface area contributed by atoms with Crippen LogP contribution in [0.25, 0.3) is 0 Å². The molecule has 0 atom stereocenters. The zero-order chi connectivity index (χ0) is 14.0. The Morgan fingerprint density at radius 1 is 1.42 bits per heavy atom. The number of carboxylic acid groups (broad SMARTS) is 1. The third kappa shape index (κ3) is 2.71. The molecule has 0 aromatic carbocycles. The predicted octanol–water partition coefficient (Wildman–Crippen LogP) is 1.78. The number of pyridine rings is 1. The van der Waals surface area contributed by atoms with E-state index < -0.39 is 26.7 Å². The minimum Gasteiger partial charge on any atom is -0.477 e. The summed E-state index contributed by atoms with van der Waals surface area (Å²) in [5, 5.41) is 10.2. The maximum atomic E-state index is 13.3. The smallest absolute Gasteiger partial charge is 0.347 e. The Bertz CT molecular complexity index is 727. The van der Waals surface area contributed by atoms with Crippen LogP contribution in [0.15, 0.2) is 34.8 Å². The molecule has 2 N–H and O–H groups in total. The lowest BCUT2D eigenvalue weighted by atomic mass is 10.4. The van der Waals surface area contributed by atoms with Crippen molar-refractivity contribution >= 4 is 33.0 Å². The van der Waals surface area contributed by atoms with Gasteiger partial charge in [0.05, 0.1) is 11.9 Å². The molecule has 2 rings (SSSR count). The first-order chi connectivity index (χ1) is 8.92. The fourth-order valence-corrected chi connectivity index (χ4v) is 3.65. The lowest BCUT2D eigenvalue weighted by molar-refractivity contribution is 0.0698. The molecule has 0 spiro atoms. The quantitative estimate of drug-likeness (QED) is 0.897. The Hall–Kier alpha value is -2.00. The molecule has 6 nitrogen and oxygen atoms in total. The van der Waals surface area contributed by atoms with Crippen LogP contribution in [0.1, 0.15) is 9.67 Å². The number of carbonyl (C=O) groups is 1. The van der Waals surface area contributed by atoms with Crippen LogP contribution in [0.2, 0.25) is 0 Å². The number of rotatable bonds is 4. The number of nitrogens with zero attached hydrogens (tertiary/aromatic N) is 1. The number of thiophene rings is 1.